The van der Waals surface area contributed by atoms with E-state index in [-0.39, 0.29) is 24.1 Å². The molecule has 5 rings (SSSR count). The van der Waals surface area contributed by atoms with Gasteiger partial charge in [0.15, 0.2) is 5.65 Å². The van der Waals surface area contributed by atoms with Crippen molar-refractivity contribution < 1.29 is 23.8 Å². The number of ether oxygens (including phenoxy) is 3. The van der Waals surface area contributed by atoms with Crippen molar-refractivity contribution in [2.24, 2.45) is 0 Å². The fourth-order valence-corrected chi connectivity index (χ4v) is 4.59. The van der Waals surface area contributed by atoms with Crippen LogP contribution in [-0.2, 0) is 14.3 Å². The second-order valence-electron chi connectivity index (χ2n) is 9.08. The van der Waals surface area contributed by atoms with Crippen LogP contribution in [0.5, 0.6) is 11.5 Å². The molecule has 39 heavy (non-hydrogen) atoms. The Morgan fingerprint density at radius 2 is 1.82 bits per heavy atom. The molecular formula is C28H28N6O5. The van der Waals surface area contributed by atoms with E-state index in [2.05, 4.69) is 21.3 Å². The molecule has 3 heterocycles. The monoisotopic (exact) mass is 528 g/mol. The zero-order valence-electron chi connectivity index (χ0n) is 21.4. The van der Waals surface area contributed by atoms with Gasteiger partial charge >= 0.3 is 6.16 Å². The molecule has 1 aliphatic heterocycles. The van der Waals surface area contributed by atoms with Gasteiger partial charge in [0, 0.05) is 24.2 Å². The van der Waals surface area contributed by atoms with Crippen LogP contribution in [0.2, 0.25) is 0 Å². The predicted molar refractivity (Wildman–Crippen MR) is 144 cm³/mol. The Bertz CT molecular complexity index is 1500. The average molecular weight is 529 g/mol. The van der Waals surface area contributed by atoms with Crippen LogP contribution < -0.4 is 10.5 Å². The smallest absolute Gasteiger partial charge is 0.457 e. The minimum atomic E-state index is -0.868. The second-order valence-corrected chi connectivity index (χ2v) is 9.08. The van der Waals surface area contributed by atoms with Crippen LogP contribution in [-0.4, -0.2) is 63.5 Å². The number of carbonyl (C=O) groups is 2. The van der Waals surface area contributed by atoms with Crippen molar-refractivity contribution in [1.82, 2.24) is 24.6 Å². The average Bonchev–Trinajstić information content (AvgIpc) is 3.37. The van der Waals surface area contributed by atoms with Crippen LogP contribution in [0.25, 0.3) is 22.3 Å². The number of nitrogen functional groups attached to an aromatic ring is 1. The molecule has 2 aromatic heterocycles. The minimum Gasteiger partial charge on any atom is -0.457 e. The van der Waals surface area contributed by atoms with E-state index >= 15 is 0 Å². The van der Waals surface area contributed by atoms with Crippen LogP contribution >= 0.6 is 0 Å². The molecule has 4 aromatic rings. The highest BCUT2D eigenvalue weighted by atomic mass is 16.7. The summed E-state index contributed by atoms with van der Waals surface area (Å²) in [5, 5.41) is 5.56. The Morgan fingerprint density at radius 1 is 1.08 bits per heavy atom. The van der Waals surface area contributed by atoms with Gasteiger partial charge in [0.2, 0.25) is 0 Å². The van der Waals surface area contributed by atoms with Crippen molar-refractivity contribution in [1.29, 1.82) is 0 Å². The number of methoxy groups -OCH3 is 1. The lowest BCUT2D eigenvalue weighted by molar-refractivity contribution is -0.129. The van der Waals surface area contributed by atoms with E-state index in [0.717, 1.165) is 24.2 Å². The van der Waals surface area contributed by atoms with Crippen LogP contribution in [0.1, 0.15) is 18.9 Å². The van der Waals surface area contributed by atoms with Crippen molar-refractivity contribution in [3.8, 4) is 22.8 Å². The fourth-order valence-electron chi connectivity index (χ4n) is 4.59. The zero-order valence-corrected chi connectivity index (χ0v) is 21.4. The van der Waals surface area contributed by atoms with Gasteiger partial charge in [-0.1, -0.05) is 24.8 Å². The number of nitrogens with zero attached hydrogens (tertiary/aromatic N) is 5. The zero-order chi connectivity index (χ0) is 27.4. The van der Waals surface area contributed by atoms with Gasteiger partial charge in [-0.05, 0) is 49.2 Å². The number of hydrogen-bond acceptors (Lipinski definition) is 9. The number of carbonyl (C=O) groups excluding carboxylic acids is 2. The Hall–Kier alpha value is -4.93. The highest BCUT2D eigenvalue weighted by molar-refractivity contribution is 5.98. The third-order valence-electron chi connectivity index (χ3n) is 6.49. The molecule has 1 saturated heterocycles. The van der Waals surface area contributed by atoms with E-state index in [9.17, 15) is 9.59 Å². The summed E-state index contributed by atoms with van der Waals surface area (Å²) in [5.41, 5.74) is 8.53. The molecule has 2 N–H and O–H groups in total. The van der Waals surface area contributed by atoms with Crippen molar-refractivity contribution in [3.05, 3.63) is 73.1 Å². The van der Waals surface area contributed by atoms with Crippen LogP contribution in [0.3, 0.4) is 0 Å². The first-order chi connectivity index (χ1) is 18.9. The van der Waals surface area contributed by atoms with Gasteiger partial charge in [0.25, 0.3) is 5.91 Å². The maximum absolute atomic E-state index is 13.0. The van der Waals surface area contributed by atoms with Crippen LogP contribution in [0, 0.1) is 0 Å². The third kappa shape index (κ3) is 5.52. The number of para-hydroxylation sites is 1. The standard InChI is InChI=1S/C28H28N6O5/c1-18(16-38-28(36)37-2)27(35)33-14-6-7-20(15-33)34-26-23(25(29)30-17-31-26)24(32-34)19-10-12-22(13-11-19)39-21-8-4-3-5-9-21/h3-5,8-13,17,20H,1,6-7,14-16H2,2H3,(H2,29,30,31)/t20-/m1/s1. The van der Waals surface area contributed by atoms with Crippen molar-refractivity contribution in [2.75, 3.05) is 32.5 Å². The van der Waals surface area contributed by atoms with Crippen molar-refractivity contribution in [3.63, 3.8) is 0 Å². The second kappa shape index (κ2) is 11.2. The number of likely N-dealkylation sites (tertiary alicyclic amines) is 1. The molecule has 1 atom stereocenters. The molecule has 0 spiro atoms. The maximum atomic E-state index is 13.0. The van der Waals surface area contributed by atoms with Gasteiger partial charge in [-0.15, -0.1) is 0 Å². The molecule has 11 heteroatoms. The van der Waals surface area contributed by atoms with Crippen molar-refractivity contribution in [2.45, 2.75) is 18.9 Å². The number of fused-ring (bicyclic) bond motifs is 1. The molecule has 1 aliphatic rings. The van der Waals surface area contributed by atoms with E-state index in [1.807, 2.05) is 59.3 Å². The Kier molecular flexibility index (Phi) is 7.39. The molecule has 0 aliphatic carbocycles. The van der Waals surface area contributed by atoms with Crippen LogP contribution in [0.15, 0.2) is 73.1 Å². The predicted octanol–water partition coefficient (Wildman–Crippen LogP) is 4.37. The highest BCUT2D eigenvalue weighted by Crippen LogP contribution is 2.35. The number of aromatic nitrogens is 4. The number of amides is 1. The fraction of sp³-hybridized carbons (Fsp3) is 0.250. The SMILES string of the molecule is C=C(COC(=O)OC)C(=O)N1CCC[C@@H](n2nc(-c3ccc(Oc4ccccc4)cc3)c3c(N)ncnc32)C1. The first-order valence-electron chi connectivity index (χ1n) is 12.4. The molecule has 11 nitrogen and oxygen atoms in total. The quantitative estimate of drug-likeness (QED) is 0.274. The topological polar surface area (TPSA) is 135 Å². The van der Waals surface area contributed by atoms with Crippen LogP contribution in [0.4, 0.5) is 10.6 Å². The summed E-state index contributed by atoms with van der Waals surface area (Å²) < 4.78 is 17.1. The van der Waals surface area contributed by atoms with Crippen molar-refractivity contribution >= 4 is 28.9 Å². The number of benzene rings is 2. The number of nitrogens with two attached hydrogens (primary N) is 1. The summed E-state index contributed by atoms with van der Waals surface area (Å²) in [4.78, 5) is 34.6. The number of anilines is 1. The van der Waals surface area contributed by atoms with Gasteiger partial charge in [-0.25, -0.2) is 19.4 Å². The lowest BCUT2D eigenvalue weighted by Gasteiger charge is -2.33. The number of hydrogen-bond donors (Lipinski definition) is 1. The molecular weight excluding hydrogens is 500 g/mol. The highest BCUT2D eigenvalue weighted by Gasteiger charge is 2.29. The Morgan fingerprint density at radius 3 is 2.56 bits per heavy atom. The van der Waals surface area contributed by atoms with E-state index < -0.39 is 6.16 Å². The normalized spacial score (nSPS) is 15.1. The Labute approximate surface area is 224 Å². The molecule has 1 fully saturated rings. The summed E-state index contributed by atoms with van der Waals surface area (Å²) in [6.07, 6.45) is 2.09. The molecule has 0 radical (unpaired) electrons. The van der Waals surface area contributed by atoms with Gasteiger partial charge in [-0.2, -0.15) is 5.10 Å². The summed E-state index contributed by atoms with van der Waals surface area (Å²) in [6, 6.07) is 17.0. The summed E-state index contributed by atoms with van der Waals surface area (Å²) in [5.74, 6) is 1.47. The first-order valence-corrected chi connectivity index (χ1v) is 12.4. The minimum absolute atomic E-state index is 0.150. The maximum Gasteiger partial charge on any atom is 0.508 e. The Balaban J connectivity index is 1.39. The molecule has 1 amide bonds. The number of rotatable bonds is 7. The third-order valence-corrected chi connectivity index (χ3v) is 6.49. The largest absolute Gasteiger partial charge is 0.508 e. The van der Waals surface area contributed by atoms with Gasteiger partial charge < -0.3 is 24.8 Å². The number of piperidine rings is 1. The summed E-state index contributed by atoms with van der Waals surface area (Å²) >= 11 is 0. The molecule has 2 aromatic carbocycles. The molecule has 0 bridgehead atoms. The van der Waals surface area contributed by atoms with E-state index in [4.69, 9.17) is 20.3 Å². The molecule has 0 unspecified atom stereocenters. The van der Waals surface area contributed by atoms with E-state index in [1.165, 1.54) is 13.4 Å². The first kappa shape index (κ1) is 25.7. The van der Waals surface area contributed by atoms with E-state index in [1.54, 1.807) is 4.90 Å². The summed E-state index contributed by atoms with van der Waals surface area (Å²) in [6.45, 7) is 4.48. The van der Waals surface area contributed by atoms with Gasteiger partial charge in [0.1, 0.15) is 35.9 Å². The van der Waals surface area contributed by atoms with Gasteiger partial charge in [-0.3, -0.25) is 4.79 Å². The molecule has 0 saturated carbocycles. The summed E-state index contributed by atoms with van der Waals surface area (Å²) in [7, 11) is 1.20. The van der Waals surface area contributed by atoms with E-state index in [0.29, 0.717) is 41.4 Å². The molecule has 200 valence electrons. The lowest BCUT2D eigenvalue weighted by Crippen LogP contribution is -2.42. The van der Waals surface area contributed by atoms with Gasteiger partial charge in [0.05, 0.1) is 18.5 Å². The lowest BCUT2D eigenvalue weighted by atomic mass is 10.0.